The van der Waals surface area contributed by atoms with Crippen molar-refractivity contribution in [3.8, 4) is 5.75 Å². The van der Waals surface area contributed by atoms with Crippen molar-refractivity contribution in [3.63, 3.8) is 0 Å². The average Bonchev–Trinajstić information content (AvgIpc) is 2.64. The van der Waals surface area contributed by atoms with Crippen LogP contribution >= 0.6 is 0 Å². The second-order valence-electron chi connectivity index (χ2n) is 6.03. The number of carbonyl (C=O) groups excluding carboxylic acids is 1. The highest BCUT2D eigenvalue weighted by molar-refractivity contribution is 5.81. The molecule has 0 radical (unpaired) electrons. The quantitative estimate of drug-likeness (QED) is 0.495. The monoisotopic (exact) mass is 352 g/mol. The van der Waals surface area contributed by atoms with E-state index in [1.165, 1.54) is 6.07 Å². The van der Waals surface area contributed by atoms with Crippen LogP contribution in [0.15, 0.2) is 63.8 Å². The zero-order valence-corrected chi connectivity index (χ0v) is 14.7. The molecule has 2 aromatic carbocycles. The predicted molar refractivity (Wildman–Crippen MR) is 98.2 cm³/mol. The molecule has 26 heavy (non-hydrogen) atoms. The van der Waals surface area contributed by atoms with Gasteiger partial charge < -0.3 is 13.9 Å². The number of para-hydroxylation sites is 1. The van der Waals surface area contributed by atoms with Gasteiger partial charge in [-0.25, -0.2) is 9.59 Å². The van der Waals surface area contributed by atoms with E-state index in [9.17, 15) is 9.59 Å². The summed E-state index contributed by atoms with van der Waals surface area (Å²) in [6, 6.07) is 16.0. The molecule has 5 heteroatoms. The molecule has 0 aliphatic carbocycles. The summed E-state index contributed by atoms with van der Waals surface area (Å²) >= 11 is 0. The molecule has 0 unspecified atom stereocenters. The van der Waals surface area contributed by atoms with Crippen LogP contribution in [-0.2, 0) is 16.1 Å². The number of rotatable bonds is 6. The van der Waals surface area contributed by atoms with Gasteiger partial charge in [0.1, 0.15) is 17.9 Å². The number of ether oxygens (including phenoxy) is 2. The van der Waals surface area contributed by atoms with Crippen LogP contribution in [0.4, 0.5) is 0 Å². The van der Waals surface area contributed by atoms with E-state index in [1.807, 2.05) is 44.2 Å². The molecule has 134 valence electrons. The fourth-order valence-electron chi connectivity index (χ4n) is 2.66. The van der Waals surface area contributed by atoms with Crippen LogP contribution in [0.25, 0.3) is 11.0 Å². The summed E-state index contributed by atoms with van der Waals surface area (Å²) in [5.41, 5.74) is 1.61. The first-order valence-corrected chi connectivity index (χ1v) is 8.48. The van der Waals surface area contributed by atoms with Crippen LogP contribution in [0.5, 0.6) is 5.75 Å². The largest absolute Gasteiger partial charge is 0.479 e. The first-order chi connectivity index (χ1) is 12.6. The van der Waals surface area contributed by atoms with E-state index in [2.05, 4.69) is 0 Å². The Hall–Kier alpha value is -3.08. The van der Waals surface area contributed by atoms with Gasteiger partial charge in [-0.2, -0.15) is 0 Å². The molecule has 0 saturated heterocycles. The Kier molecular flexibility index (Phi) is 5.37. The molecule has 5 nitrogen and oxygen atoms in total. The molecule has 0 aliphatic heterocycles. The van der Waals surface area contributed by atoms with Gasteiger partial charge in [0.2, 0.25) is 0 Å². The van der Waals surface area contributed by atoms with E-state index >= 15 is 0 Å². The lowest BCUT2D eigenvalue weighted by molar-refractivity contribution is -0.153. The molecular formula is C21H20O5. The number of esters is 1. The van der Waals surface area contributed by atoms with Gasteiger partial charge in [0, 0.05) is 17.0 Å². The molecule has 0 fully saturated rings. The Bertz CT molecular complexity index is 959. The van der Waals surface area contributed by atoms with E-state index in [-0.39, 0.29) is 6.61 Å². The number of benzene rings is 2. The van der Waals surface area contributed by atoms with Gasteiger partial charge in [0.05, 0.1) is 0 Å². The third kappa shape index (κ3) is 4.11. The summed E-state index contributed by atoms with van der Waals surface area (Å²) < 4.78 is 16.3. The van der Waals surface area contributed by atoms with Crippen molar-refractivity contribution < 1.29 is 18.7 Å². The fourth-order valence-corrected chi connectivity index (χ4v) is 2.66. The van der Waals surface area contributed by atoms with Gasteiger partial charge in [-0.15, -0.1) is 0 Å². The predicted octanol–water partition coefficient (Wildman–Crippen LogP) is 4.00. The number of hydrogen-bond donors (Lipinski definition) is 0. The van der Waals surface area contributed by atoms with Gasteiger partial charge in [-0.1, -0.05) is 37.3 Å². The van der Waals surface area contributed by atoms with Gasteiger partial charge in [-0.05, 0) is 37.1 Å². The van der Waals surface area contributed by atoms with Crippen LogP contribution in [0, 0.1) is 6.92 Å². The van der Waals surface area contributed by atoms with Crippen LogP contribution < -0.4 is 10.4 Å². The summed E-state index contributed by atoms with van der Waals surface area (Å²) in [6.07, 6.45) is -0.226. The zero-order chi connectivity index (χ0) is 18.5. The van der Waals surface area contributed by atoms with Crippen molar-refractivity contribution in [2.45, 2.75) is 33.0 Å². The molecule has 1 atom stereocenters. The van der Waals surface area contributed by atoms with Crippen molar-refractivity contribution in [1.82, 2.24) is 0 Å². The highest BCUT2D eigenvalue weighted by Gasteiger charge is 2.20. The van der Waals surface area contributed by atoms with Crippen LogP contribution in [0.2, 0.25) is 0 Å². The van der Waals surface area contributed by atoms with Crippen LogP contribution in [0.1, 0.15) is 24.5 Å². The smallest absolute Gasteiger partial charge is 0.347 e. The molecule has 0 bridgehead atoms. The van der Waals surface area contributed by atoms with Crippen LogP contribution in [0.3, 0.4) is 0 Å². The summed E-state index contributed by atoms with van der Waals surface area (Å²) in [4.78, 5) is 24.1. The highest BCUT2D eigenvalue weighted by Crippen LogP contribution is 2.20. The maximum Gasteiger partial charge on any atom is 0.347 e. The second-order valence-corrected chi connectivity index (χ2v) is 6.03. The lowest BCUT2D eigenvalue weighted by Crippen LogP contribution is -2.28. The molecule has 1 aromatic heterocycles. The van der Waals surface area contributed by atoms with E-state index in [1.54, 1.807) is 18.2 Å². The van der Waals surface area contributed by atoms with E-state index in [0.717, 1.165) is 10.9 Å². The first-order valence-electron chi connectivity index (χ1n) is 8.48. The lowest BCUT2D eigenvalue weighted by atomic mass is 10.1. The van der Waals surface area contributed by atoms with Gasteiger partial charge in [-0.3, -0.25) is 0 Å². The minimum Gasteiger partial charge on any atom is -0.479 e. The Morgan fingerprint density at radius 2 is 1.88 bits per heavy atom. The van der Waals surface area contributed by atoms with Gasteiger partial charge >= 0.3 is 11.6 Å². The number of hydrogen-bond acceptors (Lipinski definition) is 5. The molecule has 0 aliphatic rings. The fraction of sp³-hybridized carbons (Fsp3) is 0.238. The van der Waals surface area contributed by atoms with Crippen LogP contribution in [-0.4, -0.2) is 12.1 Å². The highest BCUT2D eigenvalue weighted by atomic mass is 16.6. The molecule has 0 spiro atoms. The topological polar surface area (TPSA) is 65.7 Å². The number of carbonyl (C=O) groups is 1. The Labute approximate surface area is 151 Å². The Morgan fingerprint density at radius 1 is 1.12 bits per heavy atom. The van der Waals surface area contributed by atoms with Crippen molar-refractivity contribution in [1.29, 1.82) is 0 Å². The normalized spacial score (nSPS) is 11.9. The van der Waals surface area contributed by atoms with Crippen molar-refractivity contribution in [2.75, 3.05) is 0 Å². The standard InChI is InChI=1S/C21H20O5/c1-3-18(25-16-7-5-4-6-8-16)21(23)24-13-15-12-20(22)26-19-11-14(2)9-10-17(15)19/h4-12,18H,3,13H2,1-2H3/t18-/m1/s1. The third-order valence-electron chi connectivity index (χ3n) is 4.01. The molecular weight excluding hydrogens is 332 g/mol. The minimum absolute atomic E-state index is 0.0152. The SMILES string of the molecule is CC[C@@H](Oc1ccccc1)C(=O)OCc1cc(=O)oc2cc(C)ccc12. The lowest BCUT2D eigenvalue weighted by Gasteiger charge is -2.16. The summed E-state index contributed by atoms with van der Waals surface area (Å²) in [5, 5.41) is 0.750. The van der Waals surface area contributed by atoms with E-state index < -0.39 is 17.7 Å². The second kappa shape index (κ2) is 7.87. The van der Waals surface area contributed by atoms with Gasteiger partial charge in [0.15, 0.2) is 6.10 Å². The molecule has 0 N–H and O–H groups in total. The number of fused-ring (bicyclic) bond motifs is 1. The zero-order valence-electron chi connectivity index (χ0n) is 14.7. The summed E-state index contributed by atoms with van der Waals surface area (Å²) in [7, 11) is 0. The van der Waals surface area contributed by atoms with Crippen molar-refractivity contribution >= 4 is 16.9 Å². The van der Waals surface area contributed by atoms with E-state index in [0.29, 0.717) is 23.3 Å². The number of aryl methyl sites for hydroxylation is 1. The molecule has 3 rings (SSSR count). The molecule has 1 heterocycles. The third-order valence-corrected chi connectivity index (χ3v) is 4.01. The molecule has 0 saturated carbocycles. The summed E-state index contributed by atoms with van der Waals surface area (Å²) in [5.74, 6) is 0.141. The van der Waals surface area contributed by atoms with Crippen molar-refractivity contribution in [2.24, 2.45) is 0 Å². The van der Waals surface area contributed by atoms with E-state index in [4.69, 9.17) is 13.9 Å². The average molecular weight is 352 g/mol. The molecule has 3 aromatic rings. The minimum atomic E-state index is -0.703. The molecule has 0 amide bonds. The van der Waals surface area contributed by atoms with Crippen molar-refractivity contribution in [3.05, 3.63) is 76.1 Å². The Balaban J connectivity index is 1.74. The first kappa shape index (κ1) is 17.7. The van der Waals surface area contributed by atoms with Gasteiger partial charge in [0.25, 0.3) is 0 Å². The maximum atomic E-state index is 12.4. The maximum absolute atomic E-state index is 12.4. The Morgan fingerprint density at radius 3 is 2.62 bits per heavy atom. The summed E-state index contributed by atoms with van der Waals surface area (Å²) in [6.45, 7) is 3.75.